The smallest absolute Gasteiger partial charge is 0.0659 e. The van der Waals surface area contributed by atoms with Crippen molar-refractivity contribution in [2.45, 2.75) is 6.42 Å². The van der Waals surface area contributed by atoms with E-state index in [1.54, 1.807) is 0 Å². The second-order valence-electron chi connectivity index (χ2n) is 3.55. The molecule has 0 amide bonds. The fourth-order valence-corrected chi connectivity index (χ4v) is 1.54. The Morgan fingerprint density at radius 2 is 1.93 bits per heavy atom. The second kappa shape index (κ2) is 5.51. The Morgan fingerprint density at radius 3 is 2.67 bits per heavy atom. The van der Waals surface area contributed by atoms with Gasteiger partial charge in [-0.3, -0.25) is 5.01 Å². The van der Waals surface area contributed by atoms with Crippen LogP contribution in [0.3, 0.4) is 0 Å². The first-order chi connectivity index (χ1) is 7.45. The number of hydrogen-bond donors (Lipinski definition) is 0. The molecule has 15 heavy (non-hydrogen) atoms. The maximum absolute atomic E-state index is 5.25. The lowest BCUT2D eigenvalue weighted by molar-refractivity contribution is 0.0396. The fourth-order valence-electron chi connectivity index (χ4n) is 1.54. The molecule has 3 nitrogen and oxygen atoms in total. The van der Waals surface area contributed by atoms with Crippen molar-refractivity contribution in [2.75, 3.05) is 26.3 Å². The lowest BCUT2D eigenvalue weighted by atomic mass is 10.2. The highest BCUT2D eigenvalue weighted by atomic mass is 16.5. The van der Waals surface area contributed by atoms with Crippen molar-refractivity contribution >= 4 is 6.21 Å². The van der Waals surface area contributed by atoms with Gasteiger partial charge in [0.05, 0.1) is 26.3 Å². The highest BCUT2D eigenvalue weighted by Gasteiger charge is 2.05. The molecule has 80 valence electrons. The van der Waals surface area contributed by atoms with E-state index in [-0.39, 0.29) is 0 Å². The van der Waals surface area contributed by atoms with Gasteiger partial charge in [0.2, 0.25) is 0 Å². The van der Waals surface area contributed by atoms with E-state index in [1.165, 1.54) is 5.56 Å². The van der Waals surface area contributed by atoms with Gasteiger partial charge in [0.1, 0.15) is 0 Å². The third kappa shape index (κ3) is 3.36. The van der Waals surface area contributed by atoms with Crippen LogP contribution in [0.4, 0.5) is 0 Å². The van der Waals surface area contributed by atoms with Gasteiger partial charge < -0.3 is 4.74 Å². The van der Waals surface area contributed by atoms with Crippen molar-refractivity contribution in [3.05, 3.63) is 35.9 Å². The molecule has 0 aliphatic carbocycles. The van der Waals surface area contributed by atoms with Crippen LogP contribution in [-0.2, 0) is 11.2 Å². The molecule has 1 heterocycles. The number of benzene rings is 1. The number of hydrazone groups is 1. The van der Waals surface area contributed by atoms with Crippen molar-refractivity contribution < 1.29 is 4.74 Å². The van der Waals surface area contributed by atoms with Crippen LogP contribution in [0.2, 0.25) is 0 Å². The van der Waals surface area contributed by atoms with Gasteiger partial charge in [-0.2, -0.15) is 5.10 Å². The molecule has 2 rings (SSSR count). The normalized spacial score (nSPS) is 17.2. The molecule has 0 radical (unpaired) electrons. The third-order valence-corrected chi connectivity index (χ3v) is 2.40. The monoisotopic (exact) mass is 204 g/mol. The first-order valence-electron chi connectivity index (χ1n) is 5.34. The Labute approximate surface area is 90.4 Å². The molecule has 1 aromatic carbocycles. The van der Waals surface area contributed by atoms with E-state index in [9.17, 15) is 0 Å². The summed E-state index contributed by atoms with van der Waals surface area (Å²) < 4.78 is 5.25. The molecule has 1 fully saturated rings. The van der Waals surface area contributed by atoms with E-state index in [1.807, 2.05) is 12.3 Å². The standard InChI is InChI=1S/C12H16N2O/c1-2-4-12(5-3-1)6-7-13-14-8-10-15-11-9-14/h1-5,7H,6,8-11H2/b13-7-. The summed E-state index contributed by atoms with van der Waals surface area (Å²) in [6.07, 6.45) is 2.87. The molecular formula is C12H16N2O. The van der Waals surface area contributed by atoms with Gasteiger partial charge in [0.15, 0.2) is 0 Å². The summed E-state index contributed by atoms with van der Waals surface area (Å²) in [5.41, 5.74) is 1.30. The second-order valence-corrected chi connectivity index (χ2v) is 3.55. The summed E-state index contributed by atoms with van der Waals surface area (Å²) in [6.45, 7) is 3.40. The highest BCUT2D eigenvalue weighted by molar-refractivity contribution is 5.61. The zero-order chi connectivity index (χ0) is 10.3. The summed E-state index contributed by atoms with van der Waals surface area (Å²) in [5.74, 6) is 0. The van der Waals surface area contributed by atoms with E-state index in [2.05, 4.69) is 34.4 Å². The predicted molar refractivity (Wildman–Crippen MR) is 61.0 cm³/mol. The first-order valence-corrected chi connectivity index (χ1v) is 5.34. The van der Waals surface area contributed by atoms with E-state index in [4.69, 9.17) is 4.74 Å². The first kappa shape index (κ1) is 10.2. The van der Waals surface area contributed by atoms with Gasteiger partial charge in [-0.1, -0.05) is 30.3 Å². The van der Waals surface area contributed by atoms with Crippen LogP contribution in [0, 0.1) is 0 Å². The molecule has 3 heteroatoms. The molecule has 1 aromatic rings. The minimum absolute atomic E-state index is 0.794. The maximum Gasteiger partial charge on any atom is 0.0659 e. The van der Waals surface area contributed by atoms with Crippen LogP contribution >= 0.6 is 0 Å². The van der Waals surface area contributed by atoms with Crippen molar-refractivity contribution in [3.8, 4) is 0 Å². The summed E-state index contributed by atoms with van der Waals surface area (Å²) in [7, 11) is 0. The van der Waals surface area contributed by atoms with Crippen LogP contribution in [-0.4, -0.2) is 37.5 Å². The van der Waals surface area contributed by atoms with E-state index < -0.39 is 0 Å². The SMILES string of the molecule is C(/Cc1ccccc1)=N/N1CCOCC1. The Hall–Kier alpha value is -1.35. The molecular weight excluding hydrogens is 188 g/mol. The number of nitrogens with zero attached hydrogens (tertiary/aromatic N) is 2. The lowest BCUT2D eigenvalue weighted by Gasteiger charge is -2.23. The molecule has 0 unspecified atom stereocenters. The van der Waals surface area contributed by atoms with Crippen LogP contribution in [0.5, 0.6) is 0 Å². The van der Waals surface area contributed by atoms with E-state index in [0.717, 1.165) is 32.7 Å². The van der Waals surface area contributed by atoms with Gasteiger partial charge in [-0.05, 0) is 5.56 Å². The lowest BCUT2D eigenvalue weighted by Crippen LogP contribution is -2.32. The Balaban J connectivity index is 1.79. The van der Waals surface area contributed by atoms with Gasteiger partial charge in [-0.15, -0.1) is 0 Å². The highest BCUT2D eigenvalue weighted by Crippen LogP contribution is 1.99. The molecule has 0 bridgehead atoms. The molecule has 1 aliphatic rings. The van der Waals surface area contributed by atoms with Crippen LogP contribution < -0.4 is 0 Å². The minimum Gasteiger partial charge on any atom is -0.378 e. The number of rotatable bonds is 3. The summed E-state index contributed by atoms with van der Waals surface area (Å²) in [5, 5.41) is 6.47. The molecule has 0 aromatic heterocycles. The molecule has 0 saturated carbocycles. The van der Waals surface area contributed by atoms with E-state index >= 15 is 0 Å². The van der Waals surface area contributed by atoms with Gasteiger partial charge >= 0.3 is 0 Å². The third-order valence-electron chi connectivity index (χ3n) is 2.40. The Bertz CT molecular complexity index is 305. The molecule has 0 N–H and O–H groups in total. The van der Waals surface area contributed by atoms with Gasteiger partial charge in [0.25, 0.3) is 0 Å². The summed E-state index contributed by atoms with van der Waals surface area (Å²) >= 11 is 0. The van der Waals surface area contributed by atoms with Gasteiger partial charge in [-0.25, -0.2) is 0 Å². The number of hydrogen-bond acceptors (Lipinski definition) is 3. The minimum atomic E-state index is 0.794. The number of morpholine rings is 1. The van der Waals surface area contributed by atoms with Crippen LogP contribution in [0.1, 0.15) is 5.56 Å². The van der Waals surface area contributed by atoms with Crippen molar-refractivity contribution in [2.24, 2.45) is 5.10 Å². The molecule has 0 spiro atoms. The van der Waals surface area contributed by atoms with Gasteiger partial charge in [0, 0.05) is 12.6 Å². The van der Waals surface area contributed by atoms with E-state index in [0.29, 0.717) is 0 Å². The van der Waals surface area contributed by atoms with Crippen molar-refractivity contribution in [3.63, 3.8) is 0 Å². The maximum atomic E-state index is 5.25. The molecule has 1 saturated heterocycles. The quantitative estimate of drug-likeness (QED) is 0.698. The van der Waals surface area contributed by atoms with Crippen molar-refractivity contribution in [1.29, 1.82) is 0 Å². The zero-order valence-corrected chi connectivity index (χ0v) is 8.80. The predicted octanol–water partition coefficient (Wildman–Crippen LogP) is 1.55. The molecule has 0 atom stereocenters. The summed E-state index contributed by atoms with van der Waals surface area (Å²) in [4.78, 5) is 0. The Kier molecular flexibility index (Phi) is 3.74. The zero-order valence-electron chi connectivity index (χ0n) is 8.80. The average Bonchev–Trinajstić information content (AvgIpc) is 2.32. The fraction of sp³-hybridized carbons (Fsp3) is 0.417. The summed E-state index contributed by atoms with van der Waals surface area (Å²) in [6, 6.07) is 10.4. The van der Waals surface area contributed by atoms with Crippen LogP contribution in [0.15, 0.2) is 35.4 Å². The average molecular weight is 204 g/mol. The molecule has 1 aliphatic heterocycles. The van der Waals surface area contributed by atoms with Crippen molar-refractivity contribution in [1.82, 2.24) is 5.01 Å². The van der Waals surface area contributed by atoms with Crippen LogP contribution in [0.25, 0.3) is 0 Å². The number of ether oxygens (including phenoxy) is 1. The largest absolute Gasteiger partial charge is 0.378 e. The Morgan fingerprint density at radius 1 is 1.20 bits per heavy atom. The topological polar surface area (TPSA) is 24.8 Å².